The number of anilines is 1. The topological polar surface area (TPSA) is 103 Å². The smallest absolute Gasteiger partial charge is 0.263 e. The molecule has 0 fully saturated rings. The van der Waals surface area contributed by atoms with Gasteiger partial charge in [-0.25, -0.2) is 4.98 Å². The minimum absolute atomic E-state index is 0.0486. The first-order chi connectivity index (χ1) is 16.9. The number of fused-ring (bicyclic) bond motifs is 1. The van der Waals surface area contributed by atoms with E-state index in [1.807, 2.05) is 69.3 Å². The maximum atomic E-state index is 13.3. The lowest BCUT2D eigenvalue weighted by Crippen LogP contribution is -2.22. The van der Waals surface area contributed by atoms with Crippen LogP contribution in [0.2, 0.25) is 0 Å². The fraction of sp³-hybridized carbons (Fsp3) is 0.148. The number of hydrogen-bond donors (Lipinski definition) is 1. The molecule has 0 aliphatic heterocycles. The minimum Gasteiger partial charge on any atom is -0.333 e. The summed E-state index contributed by atoms with van der Waals surface area (Å²) >= 11 is 0. The van der Waals surface area contributed by atoms with Gasteiger partial charge in [-0.05, 0) is 56.2 Å². The number of nitrogens with zero attached hydrogens (tertiary/aromatic N) is 4. The lowest BCUT2D eigenvalue weighted by atomic mass is 10.1. The van der Waals surface area contributed by atoms with Gasteiger partial charge in [-0.2, -0.15) is 4.98 Å². The molecule has 1 amide bonds. The second-order valence-corrected chi connectivity index (χ2v) is 8.48. The molecule has 1 N–H and O–H groups in total. The number of amides is 1. The summed E-state index contributed by atoms with van der Waals surface area (Å²) in [4.78, 5) is 35.2. The fourth-order valence-corrected chi connectivity index (χ4v) is 3.98. The van der Waals surface area contributed by atoms with E-state index in [-0.39, 0.29) is 29.3 Å². The summed E-state index contributed by atoms with van der Waals surface area (Å²) in [6.45, 7) is 5.70. The number of carbonyl (C=O) groups is 1. The second-order valence-electron chi connectivity index (χ2n) is 8.48. The van der Waals surface area contributed by atoms with Crippen molar-refractivity contribution in [3.05, 3.63) is 93.9 Å². The highest BCUT2D eigenvalue weighted by molar-refractivity contribution is 5.92. The maximum absolute atomic E-state index is 13.3. The zero-order valence-corrected chi connectivity index (χ0v) is 19.6. The Morgan fingerprint density at radius 1 is 0.971 bits per heavy atom. The van der Waals surface area contributed by atoms with E-state index >= 15 is 0 Å². The van der Waals surface area contributed by atoms with Crippen LogP contribution in [0.5, 0.6) is 0 Å². The van der Waals surface area contributed by atoms with Gasteiger partial charge >= 0.3 is 0 Å². The molecule has 3 heterocycles. The van der Waals surface area contributed by atoms with Gasteiger partial charge in [0.15, 0.2) is 0 Å². The molecular formula is C27H23N5O3. The third-order valence-electron chi connectivity index (χ3n) is 5.72. The number of carbonyl (C=O) groups excluding carboxylic acids is 1. The predicted octanol–water partition coefficient (Wildman–Crippen LogP) is 4.68. The molecule has 0 saturated heterocycles. The van der Waals surface area contributed by atoms with E-state index in [0.29, 0.717) is 22.5 Å². The van der Waals surface area contributed by atoms with Crippen LogP contribution in [0.4, 0.5) is 5.69 Å². The van der Waals surface area contributed by atoms with E-state index in [9.17, 15) is 9.59 Å². The van der Waals surface area contributed by atoms with Crippen molar-refractivity contribution in [3.63, 3.8) is 0 Å². The molecule has 0 unspecified atom stereocenters. The summed E-state index contributed by atoms with van der Waals surface area (Å²) in [5.74, 6) is 0.230. The van der Waals surface area contributed by atoms with Gasteiger partial charge in [-0.15, -0.1) is 0 Å². The Kier molecular flexibility index (Phi) is 5.70. The number of rotatable bonds is 5. The molecule has 0 spiro atoms. The molecule has 0 aliphatic rings. The zero-order chi connectivity index (χ0) is 24.5. The van der Waals surface area contributed by atoms with Gasteiger partial charge in [0.25, 0.3) is 5.89 Å². The highest BCUT2D eigenvalue weighted by Crippen LogP contribution is 2.24. The molecule has 8 heteroatoms. The van der Waals surface area contributed by atoms with E-state index in [2.05, 4.69) is 20.4 Å². The average molecular weight is 466 g/mol. The monoisotopic (exact) mass is 465 g/mol. The summed E-state index contributed by atoms with van der Waals surface area (Å²) in [6.07, 6.45) is 1.56. The van der Waals surface area contributed by atoms with Crippen LogP contribution in [0.3, 0.4) is 0 Å². The third-order valence-corrected chi connectivity index (χ3v) is 5.72. The molecule has 35 heavy (non-hydrogen) atoms. The van der Waals surface area contributed by atoms with Crippen LogP contribution in [0.1, 0.15) is 16.8 Å². The molecule has 3 aromatic heterocycles. The fourth-order valence-electron chi connectivity index (χ4n) is 3.98. The van der Waals surface area contributed by atoms with E-state index < -0.39 is 0 Å². The first-order valence-corrected chi connectivity index (χ1v) is 11.2. The van der Waals surface area contributed by atoms with E-state index in [0.717, 1.165) is 22.4 Å². The summed E-state index contributed by atoms with van der Waals surface area (Å²) < 4.78 is 7.13. The number of aryl methyl sites for hydroxylation is 3. The van der Waals surface area contributed by atoms with Crippen molar-refractivity contribution in [2.24, 2.45) is 0 Å². The van der Waals surface area contributed by atoms with Crippen LogP contribution < -0.4 is 10.7 Å². The Hall–Kier alpha value is -4.59. The quantitative estimate of drug-likeness (QED) is 0.404. The van der Waals surface area contributed by atoms with Gasteiger partial charge in [0.2, 0.25) is 17.2 Å². The van der Waals surface area contributed by atoms with Gasteiger partial charge in [0.05, 0.1) is 5.39 Å². The number of hydrogen-bond acceptors (Lipinski definition) is 6. The van der Waals surface area contributed by atoms with Crippen LogP contribution in [-0.2, 0) is 11.3 Å². The molecule has 0 aliphatic carbocycles. The minimum atomic E-state index is -0.289. The third kappa shape index (κ3) is 4.46. The Balaban J connectivity index is 1.57. The standard InChI is InChI=1S/C27H23N5O3/c1-16-7-6-9-19(13-16)29-23(33)15-32-14-22(24(34)21-12-11-18(3)28-26(21)32)27-30-25(31-35-27)20-10-5-4-8-17(20)2/h4-14H,15H2,1-3H3,(H,29,33). The van der Waals surface area contributed by atoms with Gasteiger partial charge in [-0.3, -0.25) is 9.59 Å². The van der Waals surface area contributed by atoms with Crippen molar-refractivity contribution in [1.29, 1.82) is 0 Å². The molecule has 5 aromatic rings. The number of pyridine rings is 2. The number of benzene rings is 2. The van der Waals surface area contributed by atoms with E-state index in [4.69, 9.17) is 4.52 Å². The van der Waals surface area contributed by atoms with E-state index in [1.165, 1.54) is 0 Å². The number of aromatic nitrogens is 4. The molecule has 5 rings (SSSR count). The lowest BCUT2D eigenvalue weighted by Gasteiger charge is -2.12. The Morgan fingerprint density at radius 3 is 2.60 bits per heavy atom. The summed E-state index contributed by atoms with van der Waals surface area (Å²) in [5.41, 5.74) is 4.61. The highest BCUT2D eigenvalue weighted by atomic mass is 16.5. The van der Waals surface area contributed by atoms with Gasteiger partial charge < -0.3 is 14.4 Å². The van der Waals surface area contributed by atoms with Crippen LogP contribution >= 0.6 is 0 Å². The van der Waals surface area contributed by atoms with Crippen molar-refractivity contribution in [1.82, 2.24) is 19.7 Å². The summed E-state index contributed by atoms with van der Waals surface area (Å²) in [5, 5.41) is 7.35. The summed E-state index contributed by atoms with van der Waals surface area (Å²) in [7, 11) is 0. The first-order valence-electron chi connectivity index (χ1n) is 11.2. The largest absolute Gasteiger partial charge is 0.333 e. The Morgan fingerprint density at radius 2 is 1.80 bits per heavy atom. The van der Waals surface area contributed by atoms with Crippen molar-refractivity contribution >= 4 is 22.6 Å². The van der Waals surface area contributed by atoms with Crippen molar-refractivity contribution in [2.75, 3.05) is 5.32 Å². The SMILES string of the molecule is Cc1cccc(NC(=O)Cn2cc(-c3nc(-c4ccccc4C)no3)c(=O)c3ccc(C)nc32)c1. The number of nitrogens with one attached hydrogen (secondary N) is 1. The highest BCUT2D eigenvalue weighted by Gasteiger charge is 2.19. The molecule has 0 saturated carbocycles. The van der Waals surface area contributed by atoms with Crippen molar-refractivity contribution in [3.8, 4) is 22.8 Å². The van der Waals surface area contributed by atoms with Crippen LogP contribution in [0, 0.1) is 20.8 Å². The molecule has 0 bridgehead atoms. The summed E-state index contributed by atoms with van der Waals surface area (Å²) in [6, 6.07) is 18.7. The van der Waals surface area contributed by atoms with Gasteiger partial charge in [-0.1, -0.05) is 41.6 Å². The molecule has 0 radical (unpaired) electrons. The molecule has 2 aromatic carbocycles. The molecule has 8 nitrogen and oxygen atoms in total. The molecule has 174 valence electrons. The van der Waals surface area contributed by atoms with Gasteiger partial charge in [0.1, 0.15) is 17.8 Å². The van der Waals surface area contributed by atoms with Crippen LogP contribution in [0.15, 0.2) is 76.2 Å². The second kappa shape index (κ2) is 8.98. The zero-order valence-electron chi connectivity index (χ0n) is 19.6. The predicted molar refractivity (Wildman–Crippen MR) is 134 cm³/mol. The molecule has 0 atom stereocenters. The van der Waals surface area contributed by atoms with Crippen molar-refractivity contribution < 1.29 is 9.32 Å². The maximum Gasteiger partial charge on any atom is 0.263 e. The Labute approximate surface area is 201 Å². The van der Waals surface area contributed by atoms with Crippen LogP contribution in [-0.4, -0.2) is 25.6 Å². The molecular weight excluding hydrogens is 442 g/mol. The normalized spacial score (nSPS) is 11.1. The first kappa shape index (κ1) is 22.2. The Bertz CT molecular complexity index is 1630. The average Bonchev–Trinajstić information content (AvgIpc) is 3.31. The van der Waals surface area contributed by atoms with Gasteiger partial charge in [0, 0.05) is 23.1 Å². The van der Waals surface area contributed by atoms with E-state index in [1.54, 1.807) is 22.9 Å². The van der Waals surface area contributed by atoms with Crippen LogP contribution in [0.25, 0.3) is 33.9 Å². The lowest BCUT2D eigenvalue weighted by molar-refractivity contribution is -0.116. The van der Waals surface area contributed by atoms with Crippen molar-refractivity contribution in [2.45, 2.75) is 27.3 Å².